The molecule has 1 atom stereocenters. The van der Waals surface area contributed by atoms with E-state index in [0.717, 1.165) is 11.4 Å². The minimum Gasteiger partial charge on any atom is -0.126 e. The van der Waals surface area contributed by atoms with Gasteiger partial charge in [0.05, 0.1) is 0 Å². The van der Waals surface area contributed by atoms with Crippen molar-refractivity contribution in [2.75, 3.05) is 5.88 Å². The summed E-state index contributed by atoms with van der Waals surface area (Å²) in [6.07, 6.45) is 0.973. The minimum atomic E-state index is 0.511. The van der Waals surface area contributed by atoms with Gasteiger partial charge in [0.2, 0.25) is 0 Å². The first-order valence-electron chi connectivity index (χ1n) is 4.94. The maximum Gasteiger partial charge on any atom is 0.0438 e. The van der Waals surface area contributed by atoms with E-state index in [1.165, 1.54) is 5.56 Å². The third-order valence-corrected chi connectivity index (χ3v) is 3.35. The summed E-state index contributed by atoms with van der Waals surface area (Å²) in [7, 11) is 0. The van der Waals surface area contributed by atoms with Crippen LogP contribution in [-0.4, -0.2) is 5.88 Å². The van der Waals surface area contributed by atoms with E-state index in [9.17, 15) is 0 Å². The average Bonchev–Trinajstić information content (AvgIpc) is 2.16. The molecular formula is C12H16Cl2. The number of hydrogen-bond donors (Lipinski definition) is 0. The molecule has 0 fully saturated rings. The Hall–Kier alpha value is -0.200. The lowest BCUT2D eigenvalue weighted by molar-refractivity contribution is 0.422. The van der Waals surface area contributed by atoms with Crippen molar-refractivity contribution in [2.45, 2.75) is 20.3 Å². The molecule has 0 aliphatic carbocycles. The fourth-order valence-corrected chi connectivity index (χ4v) is 2.09. The number of alkyl halides is 1. The SMILES string of the molecule is CC(C)C(CCl)Cc1ccccc1Cl. The van der Waals surface area contributed by atoms with Crippen molar-refractivity contribution in [1.29, 1.82) is 0 Å². The van der Waals surface area contributed by atoms with Crippen LogP contribution in [0, 0.1) is 11.8 Å². The molecule has 0 N–H and O–H groups in total. The summed E-state index contributed by atoms with van der Waals surface area (Å²) in [4.78, 5) is 0. The summed E-state index contributed by atoms with van der Waals surface area (Å²) in [5, 5.41) is 0.850. The van der Waals surface area contributed by atoms with Crippen LogP contribution in [0.25, 0.3) is 0 Å². The van der Waals surface area contributed by atoms with Crippen molar-refractivity contribution >= 4 is 23.2 Å². The van der Waals surface area contributed by atoms with E-state index in [2.05, 4.69) is 19.9 Å². The second-order valence-corrected chi connectivity index (χ2v) is 4.67. The molecule has 0 aliphatic rings. The van der Waals surface area contributed by atoms with Crippen LogP contribution in [0.1, 0.15) is 19.4 Å². The molecule has 0 spiro atoms. The topological polar surface area (TPSA) is 0 Å². The Morgan fingerprint density at radius 2 is 1.86 bits per heavy atom. The number of halogens is 2. The third-order valence-electron chi connectivity index (χ3n) is 2.58. The predicted octanol–water partition coefficient (Wildman–Crippen LogP) is 4.39. The van der Waals surface area contributed by atoms with Crippen LogP contribution in [0.15, 0.2) is 24.3 Å². The van der Waals surface area contributed by atoms with Crippen molar-refractivity contribution in [3.63, 3.8) is 0 Å². The molecule has 0 aromatic heterocycles. The zero-order valence-electron chi connectivity index (χ0n) is 8.63. The van der Waals surface area contributed by atoms with Gasteiger partial charge in [0.15, 0.2) is 0 Å². The molecule has 0 aliphatic heterocycles. The summed E-state index contributed by atoms with van der Waals surface area (Å²) >= 11 is 12.0. The van der Waals surface area contributed by atoms with Gasteiger partial charge in [-0.2, -0.15) is 0 Å². The van der Waals surface area contributed by atoms with Crippen LogP contribution < -0.4 is 0 Å². The first-order valence-corrected chi connectivity index (χ1v) is 5.85. The number of rotatable bonds is 4. The number of benzene rings is 1. The largest absolute Gasteiger partial charge is 0.126 e. The van der Waals surface area contributed by atoms with E-state index in [4.69, 9.17) is 23.2 Å². The molecule has 1 rings (SSSR count). The molecule has 1 unspecified atom stereocenters. The highest BCUT2D eigenvalue weighted by atomic mass is 35.5. The van der Waals surface area contributed by atoms with E-state index in [0.29, 0.717) is 17.7 Å². The van der Waals surface area contributed by atoms with Gasteiger partial charge in [-0.25, -0.2) is 0 Å². The van der Waals surface area contributed by atoms with Gasteiger partial charge in [0.1, 0.15) is 0 Å². The first kappa shape index (κ1) is 11.9. The Kier molecular flexibility index (Phi) is 4.77. The highest BCUT2D eigenvalue weighted by molar-refractivity contribution is 6.31. The highest BCUT2D eigenvalue weighted by Gasteiger charge is 2.13. The lowest BCUT2D eigenvalue weighted by atomic mass is 9.91. The Bertz CT molecular complexity index is 281. The molecule has 0 heterocycles. The van der Waals surface area contributed by atoms with Crippen molar-refractivity contribution in [3.05, 3.63) is 34.9 Å². The highest BCUT2D eigenvalue weighted by Crippen LogP contribution is 2.23. The van der Waals surface area contributed by atoms with Gasteiger partial charge >= 0.3 is 0 Å². The second kappa shape index (κ2) is 5.63. The van der Waals surface area contributed by atoms with Gasteiger partial charge in [-0.05, 0) is 29.9 Å². The summed E-state index contributed by atoms with van der Waals surface area (Å²) in [5.41, 5.74) is 1.20. The van der Waals surface area contributed by atoms with Crippen LogP contribution in [0.4, 0.5) is 0 Å². The van der Waals surface area contributed by atoms with Crippen molar-refractivity contribution in [3.8, 4) is 0 Å². The van der Waals surface area contributed by atoms with Crippen LogP contribution >= 0.6 is 23.2 Å². The zero-order chi connectivity index (χ0) is 10.6. The van der Waals surface area contributed by atoms with Crippen molar-refractivity contribution in [1.82, 2.24) is 0 Å². The monoisotopic (exact) mass is 230 g/mol. The van der Waals surface area contributed by atoms with Crippen molar-refractivity contribution in [2.24, 2.45) is 11.8 Å². The van der Waals surface area contributed by atoms with E-state index in [-0.39, 0.29) is 0 Å². The molecule has 0 saturated heterocycles. The maximum absolute atomic E-state index is 6.09. The number of hydrogen-bond acceptors (Lipinski definition) is 0. The van der Waals surface area contributed by atoms with E-state index in [1.54, 1.807) is 0 Å². The first-order chi connectivity index (χ1) is 6.65. The summed E-state index contributed by atoms with van der Waals surface area (Å²) in [6.45, 7) is 4.40. The van der Waals surface area contributed by atoms with Gasteiger partial charge < -0.3 is 0 Å². The molecule has 2 heteroatoms. The van der Waals surface area contributed by atoms with Gasteiger partial charge in [-0.15, -0.1) is 11.6 Å². The lowest BCUT2D eigenvalue weighted by Gasteiger charge is -2.18. The van der Waals surface area contributed by atoms with Crippen LogP contribution in [0.3, 0.4) is 0 Å². The average molecular weight is 231 g/mol. The van der Waals surface area contributed by atoms with Crippen molar-refractivity contribution < 1.29 is 0 Å². The van der Waals surface area contributed by atoms with Gasteiger partial charge in [-0.1, -0.05) is 43.6 Å². The van der Waals surface area contributed by atoms with Gasteiger partial charge in [-0.3, -0.25) is 0 Å². The third kappa shape index (κ3) is 3.18. The Balaban J connectivity index is 2.72. The Morgan fingerprint density at radius 1 is 1.21 bits per heavy atom. The molecule has 1 aromatic carbocycles. The Morgan fingerprint density at radius 3 is 2.36 bits per heavy atom. The fourth-order valence-electron chi connectivity index (χ4n) is 1.41. The normalized spacial score (nSPS) is 13.2. The van der Waals surface area contributed by atoms with Gasteiger partial charge in [0, 0.05) is 10.9 Å². The molecule has 0 bridgehead atoms. The molecule has 1 aromatic rings. The molecule has 0 saturated carbocycles. The van der Waals surface area contributed by atoms with Crippen LogP contribution in [0.2, 0.25) is 5.02 Å². The fraction of sp³-hybridized carbons (Fsp3) is 0.500. The lowest BCUT2D eigenvalue weighted by Crippen LogP contribution is -2.13. The minimum absolute atomic E-state index is 0.511. The van der Waals surface area contributed by atoms with E-state index in [1.807, 2.05) is 18.2 Å². The maximum atomic E-state index is 6.09. The molecule has 0 radical (unpaired) electrons. The molecular weight excluding hydrogens is 215 g/mol. The van der Waals surface area contributed by atoms with Crippen LogP contribution in [0.5, 0.6) is 0 Å². The second-order valence-electron chi connectivity index (χ2n) is 3.95. The Labute approximate surface area is 96.2 Å². The molecule has 0 amide bonds. The standard InChI is InChI=1S/C12H16Cl2/c1-9(2)11(8-13)7-10-5-3-4-6-12(10)14/h3-6,9,11H,7-8H2,1-2H3. The quantitative estimate of drug-likeness (QED) is 0.674. The summed E-state index contributed by atoms with van der Waals surface area (Å²) < 4.78 is 0. The van der Waals surface area contributed by atoms with E-state index < -0.39 is 0 Å². The predicted molar refractivity (Wildman–Crippen MR) is 64.2 cm³/mol. The molecule has 78 valence electrons. The summed E-state index contributed by atoms with van der Waals surface area (Å²) in [5.74, 6) is 1.81. The summed E-state index contributed by atoms with van der Waals surface area (Å²) in [6, 6.07) is 7.98. The molecule has 0 nitrogen and oxygen atoms in total. The molecule has 14 heavy (non-hydrogen) atoms. The van der Waals surface area contributed by atoms with Gasteiger partial charge in [0.25, 0.3) is 0 Å². The zero-order valence-corrected chi connectivity index (χ0v) is 10.1. The van der Waals surface area contributed by atoms with Crippen LogP contribution in [-0.2, 0) is 6.42 Å². The van der Waals surface area contributed by atoms with E-state index >= 15 is 0 Å². The smallest absolute Gasteiger partial charge is 0.0438 e.